The molecular weight excluding hydrogens is 348 g/mol. The van der Waals surface area contributed by atoms with Gasteiger partial charge in [-0.3, -0.25) is 4.79 Å². The van der Waals surface area contributed by atoms with Gasteiger partial charge in [0, 0.05) is 60.3 Å². The fourth-order valence-corrected chi connectivity index (χ4v) is 0.760. The second kappa shape index (κ2) is 38.3. The van der Waals surface area contributed by atoms with Crippen molar-refractivity contribution < 1.29 is 51.7 Å². The minimum Gasteiger partial charge on any atom is -0.550 e. The number of rotatable bonds is 9. The summed E-state index contributed by atoms with van der Waals surface area (Å²) < 4.78 is 0. The summed E-state index contributed by atoms with van der Waals surface area (Å²) in [5.41, 5.74) is 0. The number of aliphatic hydroxyl groups excluding tert-OH is 3. The second-order valence-electron chi connectivity index (χ2n) is 4.67. The van der Waals surface area contributed by atoms with E-state index in [1.54, 1.807) is 6.92 Å². The first-order chi connectivity index (χ1) is 10.9. The Balaban J connectivity index is -0.0000000677. The average Bonchev–Trinajstić information content (AvgIpc) is 2.51. The SMILES string of the molecule is CCC(=O)CC(=O)[O-].CCCCO.CCCCO.CCCCO.[Ti]. The van der Waals surface area contributed by atoms with Crippen LogP contribution < -0.4 is 5.11 Å². The van der Waals surface area contributed by atoms with Gasteiger partial charge < -0.3 is 25.2 Å². The Morgan fingerprint density at radius 3 is 1.08 bits per heavy atom. The van der Waals surface area contributed by atoms with Crippen LogP contribution in [-0.2, 0) is 31.3 Å². The Bertz CT molecular complexity index is 205. The fourth-order valence-electron chi connectivity index (χ4n) is 0.760. The van der Waals surface area contributed by atoms with Crippen molar-refractivity contribution in [1.29, 1.82) is 0 Å². The van der Waals surface area contributed by atoms with E-state index in [-0.39, 0.29) is 33.9 Å². The minimum atomic E-state index is -1.29. The van der Waals surface area contributed by atoms with Crippen molar-refractivity contribution in [2.45, 2.75) is 79.1 Å². The predicted molar refractivity (Wildman–Crippen MR) is 90.9 cm³/mol. The molecule has 0 aliphatic rings. The molecule has 0 amide bonds. The van der Waals surface area contributed by atoms with E-state index in [0.717, 1.165) is 38.5 Å². The monoisotopic (exact) mass is 385 g/mol. The van der Waals surface area contributed by atoms with Crippen LogP contribution in [0.1, 0.15) is 79.1 Å². The molecule has 146 valence electrons. The number of unbranched alkanes of at least 4 members (excludes halogenated alkanes) is 3. The zero-order chi connectivity index (χ0) is 18.9. The first-order valence-electron chi connectivity index (χ1n) is 8.45. The quantitative estimate of drug-likeness (QED) is 0.408. The van der Waals surface area contributed by atoms with Crippen LogP contribution in [0.3, 0.4) is 0 Å². The molecule has 7 heteroatoms. The van der Waals surface area contributed by atoms with Gasteiger partial charge in [0.2, 0.25) is 0 Å². The van der Waals surface area contributed by atoms with Crippen LogP contribution in [0.4, 0.5) is 0 Å². The van der Waals surface area contributed by atoms with E-state index in [0.29, 0.717) is 19.8 Å². The molecule has 0 atom stereocenters. The number of aliphatic carboxylic acids is 1. The third-order valence-electron chi connectivity index (χ3n) is 2.27. The summed E-state index contributed by atoms with van der Waals surface area (Å²) in [6.45, 7) is 8.80. The van der Waals surface area contributed by atoms with Gasteiger partial charge in [-0.1, -0.05) is 47.0 Å². The molecule has 0 aromatic heterocycles. The van der Waals surface area contributed by atoms with Crippen LogP contribution in [0.15, 0.2) is 0 Å². The largest absolute Gasteiger partial charge is 0.550 e. The zero-order valence-electron chi connectivity index (χ0n) is 15.8. The van der Waals surface area contributed by atoms with Gasteiger partial charge in [-0.15, -0.1) is 0 Å². The van der Waals surface area contributed by atoms with Gasteiger partial charge in [-0.25, -0.2) is 0 Å². The first-order valence-corrected chi connectivity index (χ1v) is 8.45. The van der Waals surface area contributed by atoms with Gasteiger partial charge >= 0.3 is 0 Å². The van der Waals surface area contributed by atoms with Crippen molar-refractivity contribution in [1.82, 2.24) is 0 Å². The molecule has 0 aromatic rings. The molecule has 0 bridgehead atoms. The topological polar surface area (TPSA) is 118 Å². The summed E-state index contributed by atoms with van der Waals surface area (Å²) >= 11 is 0. The molecule has 24 heavy (non-hydrogen) atoms. The molecule has 6 nitrogen and oxygen atoms in total. The van der Waals surface area contributed by atoms with Gasteiger partial charge in [0.1, 0.15) is 5.78 Å². The number of ketones is 1. The minimum absolute atomic E-state index is 0. The van der Waals surface area contributed by atoms with E-state index in [1.807, 2.05) is 0 Å². The summed E-state index contributed by atoms with van der Waals surface area (Å²) in [6, 6.07) is 0. The predicted octanol–water partition coefficient (Wildman–Crippen LogP) is 1.44. The second-order valence-corrected chi connectivity index (χ2v) is 4.67. The van der Waals surface area contributed by atoms with Gasteiger partial charge in [-0.05, 0) is 19.3 Å². The van der Waals surface area contributed by atoms with E-state index in [2.05, 4.69) is 20.8 Å². The Labute approximate surface area is 162 Å². The van der Waals surface area contributed by atoms with E-state index in [9.17, 15) is 14.7 Å². The Hall–Kier alpha value is -0.266. The molecular formula is C17H37O6Ti-. The molecule has 0 fully saturated rings. The molecule has 0 aliphatic carbocycles. The summed E-state index contributed by atoms with van der Waals surface area (Å²) in [4.78, 5) is 19.8. The molecule has 0 aromatic carbocycles. The van der Waals surface area contributed by atoms with Gasteiger partial charge in [0.25, 0.3) is 0 Å². The van der Waals surface area contributed by atoms with Crippen LogP contribution in [-0.4, -0.2) is 46.9 Å². The summed E-state index contributed by atoms with van der Waals surface area (Å²) in [5, 5.41) is 33.8. The number of carbonyl (C=O) groups excluding carboxylic acids is 2. The van der Waals surface area contributed by atoms with Gasteiger partial charge in [0.15, 0.2) is 0 Å². The van der Waals surface area contributed by atoms with E-state index in [4.69, 9.17) is 15.3 Å². The van der Waals surface area contributed by atoms with Crippen molar-refractivity contribution >= 4 is 11.8 Å². The number of hydrogen-bond acceptors (Lipinski definition) is 6. The van der Waals surface area contributed by atoms with Crippen LogP contribution in [0.5, 0.6) is 0 Å². The number of carbonyl (C=O) groups is 2. The van der Waals surface area contributed by atoms with Crippen molar-refractivity contribution in [2.24, 2.45) is 0 Å². The Morgan fingerprint density at radius 1 is 0.750 bits per heavy atom. The normalized spacial score (nSPS) is 8.12. The maximum absolute atomic E-state index is 10.2. The number of carboxylic acid groups (broad SMARTS) is 1. The maximum Gasteiger partial charge on any atom is 0.138 e. The standard InChI is InChI=1S/C5H8O3.3C4H10O.Ti/c1-2-4(6)3-5(7)8;3*1-2-3-4-5;/h2-3H2,1H3,(H,7,8);3*5H,2-4H2,1H3;/p-1. The summed E-state index contributed by atoms with van der Waals surface area (Å²) in [7, 11) is 0. The molecule has 0 unspecified atom stereocenters. The smallest absolute Gasteiger partial charge is 0.138 e. The molecule has 0 spiro atoms. The molecule has 0 heterocycles. The van der Waals surface area contributed by atoms with Crippen molar-refractivity contribution in [3.63, 3.8) is 0 Å². The van der Waals surface area contributed by atoms with Crippen molar-refractivity contribution in [3.05, 3.63) is 0 Å². The maximum atomic E-state index is 10.2. The fraction of sp³-hybridized carbons (Fsp3) is 0.882. The van der Waals surface area contributed by atoms with Crippen LogP contribution >= 0.6 is 0 Å². The van der Waals surface area contributed by atoms with E-state index in [1.165, 1.54) is 0 Å². The number of hydrogen-bond donors (Lipinski definition) is 3. The Morgan fingerprint density at radius 2 is 1.04 bits per heavy atom. The molecule has 3 N–H and O–H groups in total. The third-order valence-corrected chi connectivity index (χ3v) is 2.27. The number of carboxylic acids is 1. The third kappa shape index (κ3) is 67.9. The van der Waals surface area contributed by atoms with Crippen LogP contribution in [0.2, 0.25) is 0 Å². The first kappa shape index (κ1) is 35.0. The van der Waals surface area contributed by atoms with Gasteiger partial charge in [-0.2, -0.15) is 0 Å². The van der Waals surface area contributed by atoms with E-state index >= 15 is 0 Å². The molecule has 0 radical (unpaired) electrons. The molecule has 0 saturated carbocycles. The molecule has 0 rings (SSSR count). The molecule has 0 aliphatic heterocycles. The van der Waals surface area contributed by atoms with E-state index < -0.39 is 12.4 Å². The zero-order valence-corrected chi connectivity index (χ0v) is 17.4. The summed E-state index contributed by atoms with van der Waals surface area (Å²) in [6.07, 6.45) is 5.94. The van der Waals surface area contributed by atoms with Crippen LogP contribution in [0, 0.1) is 0 Å². The number of aliphatic hydroxyl groups is 3. The van der Waals surface area contributed by atoms with Crippen molar-refractivity contribution in [2.75, 3.05) is 19.8 Å². The van der Waals surface area contributed by atoms with Crippen LogP contribution in [0.25, 0.3) is 0 Å². The van der Waals surface area contributed by atoms with Gasteiger partial charge in [0.05, 0.1) is 0 Å². The number of Topliss-reactive ketones (excluding diaryl/α,β-unsaturated/α-hetero) is 1. The summed E-state index contributed by atoms with van der Waals surface area (Å²) in [5.74, 6) is -1.58. The van der Waals surface area contributed by atoms with Crippen molar-refractivity contribution in [3.8, 4) is 0 Å². The molecule has 0 saturated heterocycles. The average molecular weight is 385 g/mol. The Kier molecular flexibility index (Phi) is 55.8.